The van der Waals surface area contributed by atoms with Crippen LogP contribution in [0.3, 0.4) is 0 Å². The second-order valence-corrected chi connectivity index (χ2v) is 10.7. The minimum atomic E-state index is -0.0282. The molecule has 7 rings (SSSR count). The van der Waals surface area contributed by atoms with Crippen molar-refractivity contribution in [3.05, 3.63) is 141 Å². The molecule has 0 fully saturated rings. The molecular formula is C33H26Cl2N6O. The second-order valence-electron chi connectivity index (χ2n) is 9.84. The van der Waals surface area contributed by atoms with Gasteiger partial charge < -0.3 is 4.90 Å². The van der Waals surface area contributed by atoms with Crippen molar-refractivity contribution in [1.82, 2.24) is 14.8 Å². The standard InChI is InChI=1S/C17H13ClN4.C16H13ClN2O/c1-11-20-21-16-10-19-17(12-5-3-2-4-6-12)14-9-13(18)7-8-15(14)22(11)16;1-19-14-8-7-12(17)9-13(14)16(18-10-15(19)20)11-5-3-2-4-6-11/h2-9H,10H2,1H3;2-9H,10H2,1H3. The molecule has 3 heterocycles. The largest absolute Gasteiger partial charge is 0.313 e. The number of aliphatic imine (C=N–C) groups is 2. The number of fused-ring (bicyclic) bond motifs is 4. The van der Waals surface area contributed by atoms with Gasteiger partial charge in [0.1, 0.15) is 18.9 Å². The zero-order chi connectivity index (χ0) is 29.2. The van der Waals surface area contributed by atoms with Crippen molar-refractivity contribution >= 4 is 46.2 Å². The van der Waals surface area contributed by atoms with Gasteiger partial charge in [0.15, 0.2) is 5.82 Å². The van der Waals surface area contributed by atoms with Crippen LogP contribution in [0.25, 0.3) is 5.69 Å². The summed E-state index contributed by atoms with van der Waals surface area (Å²) in [6, 6.07) is 31.3. The Bertz CT molecular complexity index is 1850. The number of anilines is 1. The van der Waals surface area contributed by atoms with Crippen molar-refractivity contribution in [2.45, 2.75) is 13.5 Å². The number of carbonyl (C=O) groups excluding carboxylic acids is 1. The summed E-state index contributed by atoms with van der Waals surface area (Å²) in [5.41, 5.74) is 7.53. The number of likely N-dealkylation sites (N-methyl/N-ethyl adjacent to an activating group) is 1. The predicted molar refractivity (Wildman–Crippen MR) is 169 cm³/mol. The molecule has 0 unspecified atom stereocenters. The molecule has 1 amide bonds. The minimum absolute atomic E-state index is 0.0282. The minimum Gasteiger partial charge on any atom is -0.313 e. The highest BCUT2D eigenvalue weighted by atomic mass is 35.5. The van der Waals surface area contributed by atoms with Crippen LogP contribution in [0.1, 0.15) is 33.9 Å². The van der Waals surface area contributed by atoms with Crippen molar-refractivity contribution in [3.63, 3.8) is 0 Å². The Morgan fingerprint density at radius 2 is 1.19 bits per heavy atom. The summed E-state index contributed by atoms with van der Waals surface area (Å²) in [7, 11) is 1.76. The summed E-state index contributed by atoms with van der Waals surface area (Å²) in [6.07, 6.45) is 0. The van der Waals surface area contributed by atoms with Crippen LogP contribution < -0.4 is 4.90 Å². The van der Waals surface area contributed by atoms with Crippen LogP contribution in [0.5, 0.6) is 0 Å². The summed E-state index contributed by atoms with van der Waals surface area (Å²) in [4.78, 5) is 22.9. The summed E-state index contributed by atoms with van der Waals surface area (Å²) >= 11 is 12.3. The number of nitrogens with zero attached hydrogens (tertiary/aromatic N) is 6. The van der Waals surface area contributed by atoms with E-state index in [0.717, 1.165) is 56.7 Å². The van der Waals surface area contributed by atoms with Crippen molar-refractivity contribution in [2.24, 2.45) is 9.98 Å². The third kappa shape index (κ3) is 5.36. The Hall–Kier alpha value is -4.59. The van der Waals surface area contributed by atoms with Gasteiger partial charge >= 0.3 is 0 Å². The number of rotatable bonds is 2. The van der Waals surface area contributed by atoms with Crippen LogP contribution in [0.2, 0.25) is 10.0 Å². The first kappa shape index (κ1) is 27.6. The molecule has 0 atom stereocenters. The van der Waals surface area contributed by atoms with Crippen molar-refractivity contribution in [3.8, 4) is 5.69 Å². The smallest absolute Gasteiger partial charge is 0.248 e. The monoisotopic (exact) mass is 592 g/mol. The van der Waals surface area contributed by atoms with E-state index < -0.39 is 0 Å². The third-order valence-electron chi connectivity index (χ3n) is 7.14. The van der Waals surface area contributed by atoms with Crippen LogP contribution in [-0.2, 0) is 11.3 Å². The Balaban J connectivity index is 0.000000151. The van der Waals surface area contributed by atoms with Crippen molar-refractivity contribution in [2.75, 3.05) is 18.5 Å². The van der Waals surface area contributed by atoms with Crippen LogP contribution in [-0.4, -0.2) is 45.7 Å². The van der Waals surface area contributed by atoms with Crippen molar-refractivity contribution < 1.29 is 4.79 Å². The van der Waals surface area contributed by atoms with E-state index in [4.69, 9.17) is 28.2 Å². The number of benzene rings is 4. The molecule has 4 aromatic carbocycles. The molecule has 9 heteroatoms. The molecule has 208 valence electrons. The fourth-order valence-electron chi connectivity index (χ4n) is 5.10. The summed E-state index contributed by atoms with van der Waals surface area (Å²) < 4.78 is 2.05. The van der Waals surface area contributed by atoms with E-state index in [1.165, 1.54) is 0 Å². The fraction of sp³-hybridized carbons (Fsp3) is 0.121. The molecule has 5 aromatic rings. The van der Waals surface area contributed by atoms with Gasteiger partial charge in [0.25, 0.3) is 0 Å². The number of aromatic nitrogens is 3. The van der Waals surface area contributed by atoms with Gasteiger partial charge in [-0.1, -0.05) is 83.9 Å². The summed E-state index contributed by atoms with van der Waals surface area (Å²) in [5, 5.41) is 9.73. The maximum absolute atomic E-state index is 12.0. The highest BCUT2D eigenvalue weighted by Gasteiger charge is 2.23. The molecule has 2 aliphatic heterocycles. The zero-order valence-electron chi connectivity index (χ0n) is 23.0. The Morgan fingerprint density at radius 1 is 0.667 bits per heavy atom. The molecule has 0 radical (unpaired) electrons. The van der Waals surface area contributed by atoms with Gasteiger partial charge in [0.2, 0.25) is 5.91 Å². The number of amides is 1. The molecule has 0 aliphatic carbocycles. The molecule has 2 aliphatic rings. The molecule has 7 nitrogen and oxygen atoms in total. The van der Waals surface area contributed by atoms with Gasteiger partial charge in [-0.15, -0.1) is 10.2 Å². The lowest BCUT2D eigenvalue weighted by Gasteiger charge is -2.18. The first-order valence-electron chi connectivity index (χ1n) is 13.4. The maximum atomic E-state index is 12.0. The predicted octanol–water partition coefficient (Wildman–Crippen LogP) is 6.73. The third-order valence-corrected chi connectivity index (χ3v) is 7.61. The second kappa shape index (κ2) is 11.7. The van der Waals surface area contributed by atoms with E-state index in [1.54, 1.807) is 18.0 Å². The van der Waals surface area contributed by atoms with E-state index in [1.807, 2.05) is 90.4 Å². The van der Waals surface area contributed by atoms with Gasteiger partial charge in [-0.25, -0.2) is 0 Å². The van der Waals surface area contributed by atoms with Crippen molar-refractivity contribution in [1.29, 1.82) is 0 Å². The maximum Gasteiger partial charge on any atom is 0.248 e. The Morgan fingerprint density at radius 3 is 1.79 bits per heavy atom. The Labute approximate surface area is 253 Å². The fourth-order valence-corrected chi connectivity index (χ4v) is 5.44. The van der Waals surface area contributed by atoms with Gasteiger partial charge in [0, 0.05) is 39.3 Å². The molecule has 0 bridgehead atoms. The number of halogens is 2. The topological polar surface area (TPSA) is 75.7 Å². The number of hydrogen-bond acceptors (Lipinski definition) is 5. The normalized spacial score (nSPS) is 13.8. The van der Waals surface area contributed by atoms with Crippen LogP contribution in [0.15, 0.2) is 107 Å². The molecule has 0 saturated heterocycles. The SMILES string of the molecule is CN1C(=O)CN=C(c2ccccc2)c2cc(Cl)ccc21.Cc1nnc2n1-c1ccc(Cl)cc1C(c1ccccc1)=NC2. The lowest BCUT2D eigenvalue weighted by molar-refractivity contribution is -0.116. The molecule has 1 aromatic heterocycles. The van der Waals surface area contributed by atoms with E-state index in [9.17, 15) is 4.79 Å². The van der Waals surface area contributed by atoms with Gasteiger partial charge in [-0.05, 0) is 43.3 Å². The highest BCUT2D eigenvalue weighted by Crippen LogP contribution is 2.29. The first-order valence-corrected chi connectivity index (χ1v) is 14.1. The summed E-state index contributed by atoms with van der Waals surface area (Å²) in [6.45, 7) is 2.59. The molecular weight excluding hydrogens is 567 g/mol. The average molecular weight is 594 g/mol. The molecule has 0 N–H and O–H groups in total. The van der Waals surface area contributed by atoms with E-state index in [0.29, 0.717) is 16.6 Å². The first-order chi connectivity index (χ1) is 20.4. The number of aryl methyl sites for hydroxylation is 1. The van der Waals surface area contributed by atoms with Crippen LogP contribution in [0, 0.1) is 6.92 Å². The number of benzodiazepines with no additional fused rings is 1. The van der Waals surface area contributed by atoms with Gasteiger partial charge in [0.05, 0.1) is 22.8 Å². The van der Waals surface area contributed by atoms with E-state index in [2.05, 4.69) is 27.3 Å². The lowest BCUT2D eigenvalue weighted by Crippen LogP contribution is -2.27. The quantitative estimate of drug-likeness (QED) is 0.228. The molecule has 0 spiro atoms. The average Bonchev–Trinajstić information content (AvgIpc) is 3.22. The van der Waals surface area contributed by atoms with Gasteiger partial charge in [-0.2, -0.15) is 0 Å². The van der Waals surface area contributed by atoms with E-state index in [-0.39, 0.29) is 12.5 Å². The van der Waals surface area contributed by atoms with Crippen LogP contribution in [0.4, 0.5) is 5.69 Å². The summed E-state index contributed by atoms with van der Waals surface area (Å²) in [5.74, 6) is 1.66. The zero-order valence-corrected chi connectivity index (χ0v) is 24.5. The van der Waals surface area contributed by atoms with E-state index >= 15 is 0 Å². The molecule has 0 saturated carbocycles. The van der Waals surface area contributed by atoms with Crippen LogP contribution >= 0.6 is 23.2 Å². The number of hydrogen-bond donors (Lipinski definition) is 0. The Kier molecular flexibility index (Phi) is 7.69. The molecule has 42 heavy (non-hydrogen) atoms. The lowest BCUT2D eigenvalue weighted by atomic mass is 10.0. The number of carbonyl (C=O) groups is 1. The van der Waals surface area contributed by atoms with Gasteiger partial charge in [-0.3, -0.25) is 19.3 Å². The highest BCUT2D eigenvalue weighted by molar-refractivity contribution is 6.32.